The monoisotopic (exact) mass is 474 g/mol. The highest BCUT2D eigenvalue weighted by atomic mass is 32.2. The van der Waals surface area contributed by atoms with E-state index in [1.165, 1.54) is 17.8 Å². The van der Waals surface area contributed by atoms with E-state index in [2.05, 4.69) is 21.9 Å². The van der Waals surface area contributed by atoms with Gasteiger partial charge in [-0.3, -0.25) is 9.78 Å². The number of aromatic nitrogens is 1. The van der Waals surface area contributed by atoms with Crippen LogP contribution in [-0.4, -0.2) is 33.5 Å². The van der Waals surface area contributed by atoms with E-state index in [-0.39, 0.29) is 18.9 Å². The number of carbonyl (C=O) groups is 2. The molecule has 2 aliphatic heterocycles. The number of rotatable bonds is 8. The first kappa shape index (κ1) is 23.5. The van der Waals surface area contributed by atoms with Gasteiger partial charge < -0.3 is 15.0 Å². The molecule has 8 heteroatoms. The average molecular weight is 475 g/mol. The highest BCUT2D eigenvalue weighted by Gasteiger charge is 2.41. The molecule has 1 aromatic heterocycles. The highest BCUT2D eigenvalue weighted by Crippen LogP contribution is 2.45. The van der Waals surface area contributed by atoms with Crippen molar-refractivity contribution >= 4 is 28.8 Å². The summed E-state index contributed by atoms with van der Waals surface area (Å²) in [5.74, 6) is -0.575. The molecule has 0 saturated carbocycles. The van der Waals surface area contributed by atoms with Gasteiger partial charge in [0.05, 0.1) is 36.0 Å². The van der Waals surface area contributed by atoms with Gasteiger partial charge in [0, 0.05) is 11.9 Å². The van der Waals surface area contributed by atoms with Gasteiger partial charge in [0.25, 0.3) is 0 Å². The summed E-state index contributed by atoms with van der Waals surface area (Å²) in [5, 5.41) is 5.59. The van der Waals surface area contributed by atoms with Crippen LogP contribution in [0.4, 0.5) is 0 Å². The minimum atomic E-state index is -0.448. The molecule has 0 aliphatic carbocycles. The van der Waals surface area contributed by atoms with Crippen LogP contribution in [0.2, 0.25) is 0 Å². The van der Waals surface area contributed by atoms with Crippen molar-refractivity contribution in [3.8, 4) is 0 Å². The molecule has 34 heavy (non-hydrogen) atoms. The fourth-order valence-electron chi connectivity index (χ4n) is 3.95. The zero-order valence-electron chi connectivity index (χ0n) is 19.2. The van der Waals surface area contributed by atoms with Crippen LogP contribution in [0.25, 0.3) is 0 Å². The van der Waals surface area contributed by atoms with E-state index in [4.69, 9.17) is 4.74 Å². The summed E-state index contributed by atoms with van der Waals surface area (Å²) in [6.07, 6.45) is 3.38. The van der Waals surface area contributed by atoms with Crippen molar-refractivity contribution in [3.63, 3.8) is 0 Å². The minimum absolute atomic E-state index is 0.111. The molecule has 0 fully saturated rings. The third-order valence-electron chi connectivity index (χ3n) is 5.57. The van der Waals surface area contributed by atoms with Crippen LogP contribution in [0.15, 0.2) is 88.7 Å². The van der Waals surface area contributed by atoms with Crippen molar-refractivity contribution in [3.05, 3.63) is 101 Å². The van der Waals surface area contributed by atoms with Gasteiger partial charge in [-0.25, -0.2) is 9.79 Å². The number of nitrogens with one attached hydrogen (secondary N) is 1. The van der Waals surface area contributed by atoms with Crippen LogP contribution in [-0.2, 0) is 20.9 Å². The number of esters is 1. The second kappa shape index (κ2) is 10.5. The van der Waals surface area contributed by atoms with Crippen molar-refractivity contribution < 1.29 is 14.3 Å². The van der Waals surface area contributed by atoms with Crippen molar-refractivity contribution in [2.45, 2.75) is 32.9 Å². The molecule has 1 aromatic carbocycles. The Hall–Kier alpha value is -3.65. The lowest BCUT2D eigenvalue weighted by molar-refractivity contribution is -0.138. The van der Waals surface area contributed by atoms with Gasteiger partial charge in [-0.2, -0.15) is 0 Å². The number of ether oxygens (including phenoxy) is 1. The lowest BCUT2D eigenvalue weighted by Crippen LogP contribution is -2.38. The zero-order chi connectivity index (χ0) is 24.1. The molecule has 3 heterocycles. The van der Waals surface area contributed by atoms with Crippen LogP contribution in [0.1, 0.15) is 36.2 Å². The topological polar surface area (TPSA) is 83.9 Å². The number of allylic oxidation sites excluding steroid dienone is 1. The summed E-state index contributed by atoms with van der Waals surface area (Å²) in [6.45, 7) is 7.92. The Morgan fingerprint density at radius 3 is 2.74 bits per heavy atom. The summed E-state index contributed by atoms with van der Waals surface area (Å²) in [6, 6.07) is 13.1. The standard InChI is InChI=1S/C26H26N4O3S/c1-4-13-33-25(32)23-18(3)29-26-30(24(23)21-11-6-5-9-17(21)2)20(16-34-26)14-22(31)28-15-19-10-7-8-12-27-19/h4-12,16,24H,1,13-15H2,2-3H3,(H,28,31). The van der Waals surface area contributed by atoms with E-state index < -0.39 is 12.0 Å². The van der Waals surface area contributed by atoms with E-state index in [0.717, 1.165) is 27.7 Å². The smallest absolute Gasteiger partial charge is 0.338 e. The quantitative estimate of drug-likeness (QED) is 0.451. The van der Waals surface area contributed by atoms with Crippen LogP contribution in [0, 0.1) is 6.92 Å². The molecule has 1 unspecified atom stereocenters. The lowest BCUT2D eigenvalue weighted by atomic mass is 9.91. The number of hydrogen-bond donors (Lipinski definition) is 1. The summed E-state index contributed by atoms with van der Waals surface area (Å²) in [7, 11) is 0. The van der Waals surface area contributed by atoms with Crippen LogP contribution < -0.4 is 5.32 Å². The number of aliphatic imine (C=N–C) groups is 1. The van der Waals surface area contributed by atoms with Crippen LogP contribution in [0.5, 0.6) is 0 Å². The molecule has 2 aromatic rings. The Kier molecular flexibility index (Phi) is 7.27. The number of carbonyl (C=O) groups excluding carboxylic acids is 2. The van der Waals surface area contributed by atoms with E-state index in [1.54, 1.807) is 6.20 Å². The van der Waals surface area contributed by atoms with Gasteiger partial charge in [-0.15, -0.1) is 0 Å². The molecule has 0 saturated heterocycles. The van der Waals surface area contributed by atoms with Gasteiger partial charge in [0.15, 0.2) is 5.17 Å². The van der Waals surface area contributed by atoms with Crippen molar-refractivity contribution in [1.29, 1.82) is 0 Å². The average Bonchev–Trinajstić information content (AvgIpc) is 3.23. The second-order valence-electron chi connectivity index (χ2n) is 7.91. The van der Waals surface area contributed by atoms with Gasteiger partial charge in [0.1, 0.15) is 6.61 Å². The molecular formula is C26H26N4O3S. The van der Waals surface area contributed by atoms with Gasteiger partial charge in [-0.05, 0) is 42.5 Å². The SMILES string of the molecule is C=CCOC(=O)C1=C(C)N=C2SC=C(CC(=O)NCc3ccccn3)N2C1c1ccccc1C. The number of benzene rings is 1. The first-order chi connectivity index (χ1) is 16.5. The van der Waals surface area contributed by atoms with E-state index >= 15 is 0 Å². The Morgan fingerprint density at radius 1 is 1.21 bits per heavy atom. The summed E-state index contributed by atoms with van der Waals surface area (Å²) in [4.78, 5) is 36.8. The first-order valence-electron chi connectivity index (χ1n) is 10.9. The number of fused-ring (bicyclic) bond motifs is 1. The van der Waals surface area contributed by atoms with Crippen LogP contribution >= 0.6 is 11.8 Å². The number of nitrogens with zero attached hydrogens (tertiary/aromatic N) is 3. The number of pyridine rings is 1. The Morgan fingerprint density at radius 2 is 2.00 bits per heavy atom. The van der Waals surface area contributed by atoms with E-state index in [9.17, 15) is 9.59 Å². The third kappa shape index (κ3) is 4.97. The maximum atomic E-state index is 13.1. The highest BCUT2D eigenvalue weighted by molar-refractivity contribution is 8.16. The number of amides is 1. The van der Waals surface area contributed by atoms with Crippen molar-refractivity contribution in [2.75, 3.05) is 6.61 Å². The lowest BCUT2D eigenvalue weighted by Gasteiger charge is -2.37. The van der Waals surface area contributed by atoms with Gasteiger partial charge >= 0.3 is 5.97 Å². The Bertz CT molecular complexity index is 1200. The zero-order valence-corrected chi connectivity index (χ0v) is 20.0. The Labute approximate surface area is 203 Å². The molecule has 7 nitrogen and oxygen atoms in total. The minimum Gasteiger partial charge on any atom is -0.458 e. The predicted molar refractivity (Wildman–Crippen MR) is 133 cm³/mol. The summed E-state index contributed by atoms with van der Waals surface area (Å²) in [5.41, 5.74) is 4.62. The van der Waals surface area contributed by atoms with Crippen LogP contribution in [0.3, 0.4) is 0 Å². The third-order valence-corrected chi connectivity index (χ3v) is 6.46. The van der Waals surface area contributed by atoms with E-state index in [0.29, 0.717) is 17.8 Å². The molecule has 0 bridgehead atoms. The molecule has 0 radical (unpaired) electrons. The normalized spacial score (nSPS) is 17.0. The van der Waals surface area contributed by atoms with Crippen molar-refractivity contribution in [2.24, 2.45) is 4.99 Å². The maximum Gasteiger partial charge on any atom is 0.338 e. The maximum absolute atomic E-state index is 13.1. The van der Waals surface area contributed by atoms with Gasteiger partial charge in [-0.1, -0.05) is 54.7 Å². The first-order valence-corrected chi connectivity index (χ1v) is 11.8. The number of thioether (sulfide) groups is 1. The summed E-state index contributed by atoms with van der Waals surface area (Å²) < 4.78 is 5.42. The van der Waals surface area contributed by atoms with E-state index in [1.807, 2.05) is 66.6 Å². The Balaban J connectivity index is 1.62. The molecule has 1 N–H and O–H groups in total. The molecule has 4 rings (SSSR count). The molecule has 0 spiro atoms. The molecule has 2 aliphatic rings. The number of aryl methyl sites for hydroxylation is 1. The fourth-order valence-corrected chi connectivity index (χ4v) is 4.91. The predicted octanol–water partition coefficient (Wildman–Crippen LogP) is 4.40. The summed E-state index contributed by atoms with van der Waals surface area (Å²) >= 11 is 1.45. The van der Waals surface area contributed by atoms with Gasteiger partial charge in [0.2, 0.25) is 5.91 Å². The molecule has 1 amide bonds. The largest absolute Gasteiger partial charge is 0.458 e. The molecular weight excluding hydrogens is 448 g/mol. The molecule has 1 atom stereocenters. The second-order valence-corrected chi connectivity index (χ2v) is 8.75. The number of amidine groups is 1. The fraction of sp³-hybridized carbons (Fsp3) is 0.231. The number of hydrogen-bond acceptors (Lipinski definition) is 7. The molecule has 174 valence electrons. The van der Waals surface area contributed by atoms with Crippen molar-refractivity contribution in [1.82, 2.24) is 15.2 Å².